The normalized spacial score (nSPS) is 18.0. The van der Waals surface area contributed by atoms with Crippen LogP contribution in [0.2, 0.25) is 5.02 Å². The molecule has 0 amide bonds. The quantitative estimate of drug-likeness (QED) is 0.606. The molecule has 0 bridgehead atoms. The highest BCUT2D eigenvalue weighted by Gasteiger charge is 2.24. The third-order valence-electron chi connectivity index (χ3n) is 4.75. The van der Waals surface area contributed by atoms with Gasteiger partial charge in [0.05, 0.1) is 29.8 Å². The molecule has 0 aliphatic carbocycles. The number of halogens is 2. The van der Waals surface area contributed by atoms with E-state index in [2.05, 4.69) is 23.6 Å². The minimum Gasteiger partial charge on any atom is -0.481 e. The van der Waals surface area contributed by atoms with E-state index in [1.807, 2.05) is 0 Å². The molecule has 1 N–H and O–H groups in total. The molecule has 1 aromatic carbocycles. The van der Waals surface area contributed by atoms with Crippen LogP contribution in [0.1, 0.15) is 26.7 Å². The molecule has 0 spiro atoms. The van der Waals surface area contributed by atoms with Crippen LogP contribution in [0.3, 0.4) is 0 Å². The lowest BCUT2D eigenvalue weighted by atomic mass is 9.98. The molecule has 1 aromatic rings. The van der Waals surface area contributed by atoms with E-state index in [9.17, 15) is 9.18 Å². The van der Waals surface area contributed by atoms with E-state index in [1.165, 1.54) is 12.1 Å². The number of carbonyl (C=O) groups is 1. The van der Waals surface area contributed by atoms with Gasteiger partial charge in [-0.3, -0.25) is 4.79 Å². The smallest absolute Gasteiger partial charge is 0.307 e. The predicted molar refractivity (Wildman–Crippen MR) is 106 cm³/mol. The number of carboxylic acids is 1. The molecule has 0 radical (unpaired) electrons. The Bertz CT molecular complexity index is 615. The zero-order chi connectivity index (χ0) is 19.8. The monoisotopic (exact) mass is 400 g/mol. The number of piperidine rings is 1. The molecule has 5 nitrogen and oxygen atoms in total. The topological polar surface area (TPSA) is 53.0 Å². The molecule has 1 heterocycles. The molecule has 0 saturated carbocycles. The lowest BCUT2D eigenvalue weighted by Gasteiger charge is -2.30. The molecular formula is C20H30ClFN2O3. The first-order valence-corrected chi connectivity index (χ1v) is 9.97. The average molecular weight is 401 g/mol. The number of rotatable bonds is 10. The van der Waals surface area contributed by atoms with Gasteiger partial charge in [-0.05, 0) is 43.5 Å². The van der Waals surface area contributed by atoms with Gasteiger partial charge in [-0.15, -0.1) is 0 Å². The van der Waals surface area contributed by atoms with E-state index < -0.39 is 5.97 Å². The van der Waals surface area contributed by atoms with Crippen molar-refractivity contribution >= 4 is 23.3 Å². The fourth-order valence-electron chi connectivity index (χ4n) is 3.42. The number of hydrogen-bond acceptors (Lipinski definition) is 4. The Morgan fingerprint density at radius 3 is 2.89 bits per heavy atom. The molecule has 1 aliphatic heterocycles. The van der Waals surface area contributed by atoms with Crippen LogP contribution in [0, 0.1) is 17.7 Å². The summed E-state index contributed by atoms with van der Waals surface area (Å²) in [6, 6.07) is 4.46. The maximum Gasteiger partial charge on any atom is 0.307 e. The minimum atomic E-state index is -0.707. The van der Waals surface area contributed by atoms with Crippen LogP contribution >= 0.6 is 11.6 Å². The number of aliphatic carboxylic acids is 1. The first-order valence-electron chi connectivity index (χ1n) is 9.59. The van der Waals surface area contributed by atoms with Crippen LogP contribution < -0.4 is 4.90 Å². The molecule has 1 aliphatic rings. The summed E-state index contributed by atoms with van der Waals surface area (Å²) in [4.78, 5) is 15.4. The number of likely N-dealkylation sites (tertiary alicyclic amines) is 1. The van der Waals surface area contributed by atoms with E-state index in [4.69, 9.17) is 21.4 Å². The van der Waals surface area contributed by atoms with Crippen molar-refractivity contribution in [3.8, 4) is 0 Å². The highest BCUT2D eigenvalue weighted by molar-refractivity contribution is 6.33. The Kier molecular flexibility index (Phi) is 8.80. The van der Waals surface area contributed by atoms with Crippen LogP contribution in [-0.4, -0.2) is 61.9 Å². The second kappa shape index (κ2) is 10.8. The van der Waals surface area contributed by atoms with Gasteiger partial charge in [-0.2, -0.15) is 0 Å². The first-order chi connectivity index (χ1) is 12.9. The van der Waals surface area contributed by atoms with Crippen LogP contribution in [0.15, 0.2) is 18.2 Å². The van der Waals surface area contributed by atoms with Gasteiger partial charge >= 0.3 is 5.97 Å². The van der Waals surface area contributed by atoms with Crippen molar-refractivity contribution in [2.75, 3.05) is 50.8 Å². The van der Waals surface area contributed by atoms with Gasteiger partial charge in [0.25, 0.3) is 0 Å². The Morgan fingerprint density at radius 1 is 1.44 bits per heavy atom. The van der Waals surface area contributed by atoms with E-state index >= 15 is 0 Å². The molecule has 0 aromatic heterocycles. The number of benzene rings is 1. The first kappa shape index (κ1) is 21.9. The fraction of sp³-hybridized carbons (Fsp3) is 0.650. The SMILES string of the molecule is CC(C)CN(CCOCCN1CCCC(C(=O)O)C1)c1ccc(F)cc1Cl. The fourth-order valence-corrected chi connectivity index (χ4v) is 3.71. The number of nitrogens with zero attached hydrogens (tertiary/aromatic N) is 2. The van der Waals surface area contributed by atoms with Crippen molar-refractivity contribution in [1.82, 2.24) is 4.90 Å². The maximum absolute atomic E-state index is 13.3. The van der Waals surface area contributed by atoms with Crippen LogP contribution in [0.5, 0.6) is 0 Å². The van der Waals surface area contributed by atoms with Gasteiger partial charge in [-0.25, -0.2) is 4.39 Å². The van der Waals surface area contributed by atoms with E-state index in [-0.39, 0.29) is 11.7 Å². The van der Waals surface area contributed by atoms with Crippen molar-refractivity contribution in [2.45, 2.75) is 26.7 Å². The van der Waals surface area contributed by atoms with Crippen molar-refractivity contribution in [3.63, 3.8) is 0 Å². The second-order valence-corrected chi connectivity index (χ2v) is 7.93. The van der Waals surface area contributed by atoms with Gasteiger partial charge in [0.1, 0.15) is 5.82 Å². The lowest BCUT2D eigenvalue weighted by Crippen LogP contribution is -2.40. The zero-order valence-electron chi connectivity index (χ0n) is 16.2. The molecule has 7 heteroatoms. The number of anilines is 1. The summed E-state index contributed by atoms with van der Waals surface area (Å²) in [7, 11) is 0. The molecule has 1 fully saturated rings. The van der Waals surface area contributed by atoms with Crippen LogP contribution in [0.4, 0.5) is 10.1 Å². The third-order valence-corrected chi connectivity index (χ3v) is 5.05. The zero-order valence-corrected chi connectivity index (χ0v) is 16.9. The van der Waals surface area contributed by atoms with Crippen molar-refractivity contribution < 1.29 is 19.0 Å². The molecule has 27 heavy (non-hydrogen) atoms. The number of carboxylic acid groups (broad SMARTS) is 1. The highest BCUT2D eigenvalue weighted by Crippen LogP contribution is 2.27. The minimum absolute atomic E-state index is 0.263. The maximum atomic E-state index is 13.3. The summed E-state index contributed by atoms with van der Waals surface area (Å²) in [5.74, 6) is -0.875. The highest BCUT2D eigenvalue weighted by atomic mass is 35.5. The Hall–Kier alpha value is -1.37. The predicted octanol–water partition coefficient (Wildman–Crippen LogP) is 3.75. The summed E-state index contributed by atoms with van der Waals surface area (Å²) in [5.41, 5.74) is 0.815. The molecule has 2 rings (SSSR count). The molecular weight excluding hydrogens is 371 g/mol. The van der Waals surface area contributed by atoms with Gasteiger partial charge in [0, 0.05) is 26.2 Å². The standard InChI is InChI=1S/C20H30ClFN2O3/c1-15(2)13-24(19-6-5-17(22)12-18(19)21)9-11-27-10-8-23-7-3-4-16(14-23)20(25)26/h5-6,12,15-16H,3-4,7-11,13-14H2,1-2H3,(H,25,26). The lowest BCUT2D eigenvalue weighted by molar-refractivity contribution is -0.143. The molecule has 1 saturated heterocycles. The van der Waals surface area contributed by atoms with Crippen LogP contribution in [-0.2, 0) is 9.53 Å². The van der Waals surface area contributed by atoms with Gasteiger partial charge < -0.3 is 19.6 Å². The summed E-state index contributed by atoms with van der Waals surface area (Å²) >= 11 is 6.21. The molecule has 152 valence electrons. The van der Waals surface area contributed by atoms with E-state index in [0.717, 1.165) is 38.2 Å². The molecule has 1 unspecified atom stereocenters. The summed E-state index contributed by atoms with van der Waals surface area (Å²) < 4.78 is 19.1. The Morgan fingerprint density at radius 2 is 2.22 bits per heavy atom. The number of hydrogen-bond donors (Lipinski definition) is 1. The Balaban J connectivity index is 1.77. The second-order valence-electron chi connectivity index (χ2n) is 7.53. The largest absolute Gasteiger partial charge is 0.481 e. The average Bonchev–Trinajstić information content (AvgIpc) is 2.60. The van der Waals surface area contributed by atoms with Gasteiger partial charge in [0.2, 0.25) is 0 Å². The van der Waals surface area contributed by atoms with Gasteiger partial charge in [0.15, 0.2) is 0 Å². The van der Waals surface area contributed by atoms with Crippen molar-refractivity contribution in [1.29, 1.82) is 0 Å². The number of ether oxygens (including phenoxy) is 1. The van der Waals surface area contributed by atoms with Crippen molar-refractivity contribution in [2.24, 2.45) is 11.8 Å². The van der Waals surface area contributed by atoms with Crippen molar-refractivity contribution in [3.05, 3.63) is 29.0 Å². The van der Waals surface area contributed by atoms with Gasteiger partial charge in [-0.1, -0.05) is 25.4 Å². The van der Waals surface area contributed by atoms with Crippen LogP contribution in [0.25, 0.3) is 0 Å². The summed E-state index contributed by atoms with van der Waals surface area (Å²) in [5, 5.41) is 9.55. The summed E-state index contributed by atoms with van der Waals surface area (Å²) in [6.07, 6.45) is 1.68. The summed E-state index contributed by atoms with van der Waals surface area (Å²) in [6.45, 7) is 9.10. The van der Waals surface area contributed by atoms with E-state index in [0.29, 0.717) is 37.2 Å². The third kappa shape index (κ3) is 7.28. The van der Waals surface area contributed by atoms with E-state index in [1.54, 1.807) is 6.07 Å². The molecule has 1 atom stereocenters. The Labute approximate surface area is 166 Å².